The van der Waals surface area contributed by atoms with Crippen LogP contribution in [0.1, 0.15) is 97.1 Å². The molecule has 0 fully saturated rings. The molecule has 290 valence electrons. The Hall–Kier alpha value is -4.82. The van der Waals surface area contributed by atoms with Crippen LogP contribution in [0, 0.1) is 0 Å². The van der Waals surface area contributed by atoms with Gasteiger partial charge in [-0.15, -0.1) is 22.7 Å². The van der Waals surface area contributed by atoms with E-state index in [1.54, 1.807) is 23.5 Å². The van der Waals surface area contributed by atoms with Gasteiger partial charge >= 0.3 is 0 Å². The molecule has 0 aliphatic rings. The number of hydrogen-bond donors (Lipinski definition) is 0. The Kier molecular flexibility index (Phi) is 13.9. The van der Waals surface area contributed by atoms with Crippen molar-refractivity contribution in [2.24, 2.45) is 0 Å². The van der Waals surface area contributed by atoms with Crippen molar-refractivity contribution in [3.8, 4) is 43.5 Å². The molecule has 0 saturated heterocycles. The maximum Gasteiger partial charge on any atom is 0.150 e. The van der Waals surface area contributed by atoms with Crippen LogP contribution in [-0.4, -0.2) is 12.6 Å². The summed E-state index contributed by atoms with van der Waals surface area (Å²) >= 11 is 7.28. The Morgan fingerprint density at radius 3 is 1.53 bits per heavy atom. The summed E-state index contributed by atoms with van der Waals surface area (Å²) in [5.41, 5.74) is 10.2. The highest BCUT2D eigenvalue weighted by molar-refractivity contribution is 9.11. The van der Waals surface area contributed by atoms with E-state index in [1.807, 2.05) is 47.7 Å². The first kappa shape index (κ1) is 40.4. The minimum absolute atomic E-state index is 0.628. The highest BCUT2D eigenvalue weighted by atomic mass is 79.9. The van der Waals surface area contributed by atoms with Crippen LogP contribution in [-0.2, 0) is 12.8 Å². The number of thiophene rings is 2. The molecule has 0 atom stereocenters. The lowest BCUT2D eigenvalue weighted by molar-refractivity contribution is 0.111. The van der Waals surface area contributed by atoms with Crippen LogP contribution >= 0.6 is 38.6 Å². The molecular weight excluding hydrogens is 809 g/mol. The number of halogens is 1. The minimum atomic E-state index is 0.628. The topological polar surface area (TPSA) is 60.4 Å². The van der Waals surface area contributed by atoms with Gasteiger partial charge in [0, 0.05) is 42.8 Å². The number of hydrogen-bond acceptors (Lipinski definition) is 6. The number of unbranched alkanes of at least 4 members (excludes halogenated alkanes) is 6. The molecule has 8 rings (SSSR count). The molecule has 4 heterocycles. The summed E-state index contributed by atoms with van der Waals surface area (Å²) in [5.74, 6) is 1.65. The van der Waals surface area contributed by atoms with Crippen LogP contribution in [0.4, 0.5) is 0 Å². The third kappa shape index (κ3) is 10.0. The van der Waals surface area contributed by atoms with Gasteiger partial charge in [-0.2, -0.15) is 0 Å². The summed E-state index contributed by atoms with van der Waals surface area (Å²) in [5, 5.41) is 4.21. The van der Waals surface area contributed by atoms with Crippen molar-refractivity contribution in [2.75, 3.05) is 0 Å². The number of aldehydes is 2. The van der Waals surface area contributed by atoms with Gasteiger partial charge in [0.1, 0.15) is 35.3 Å². The van der Waals surface area contributed by atoms with Crippen molar-refractivity contribution in [3.63, 3.8) is 0 Å². The molecule has 4 aromatic heterocycles. The number of furan rings is 2. The zero-order valence-electron chi connectivity index (χ0n) is 32.5. The van der Waals surface area contributed by atoms with Crippen molar-refractivity contribution < 1.29 is 18.4 Å². The maximum absolute atomic E-state index is 11.0. The molecule has 0 aliphatic heterocycles. The summed E-state index contributed by atoms with van der Waals surface area (Å²) in [6, 6.07) is 36.8. The lowest BCUT2D eigenvalue weighted by atomic mass is 10.0. The van der Waals surface area contributed by atoms with Crippen molar-refractivity contribution >= 4 is 73.1 Å². The van der Waals surface area contributed by atoms with Crippen molar-refractivity contribution in [1.29, 1.82) is 0 Å². The summed E-state index contributed by atoms with van der Waals surface area (Å²) in [4.78, 5) is 24.7. The zero-order chi connectivity index (χ0) is 39.6. The monoisotopic (exact) mass is 854 g/mol. The van der Waals surface area contributed by atoms with Crippen LogP contribution in [0.2, 0.25) is 0 Å². The first-order valence-corrected chi connectivity index (χ1v) is 22.5. The van der Waals surface area contributed by atoms with E-state index in [0.717, 1.165) is 70.0 Å². The Morgan fingerprint density at radius 1 is 0.526 bits per heavy atom. The predicted octanol–water partition coefficient (Wildman–Crippen LogP) is 16.3. The second-order valence-electron chi connectivity index (χ2n) is 14.5. The molecular formula is C50H47BrO4S2. The first-order valence-electron chi connectivity index (χ1n) is 20.0. The quantitative estimate of drug-likeness (QED) is 0.0717. The maximum atomic E-state index is 11.0. The van der Waals surface area contributed by atoms with Gasteiger partial charge in [0.2, 0.25) is 0 Å². The third-order valence-electron chi connectivity index (χ3n) is 10.3. The van der Waals surface area contributed by atoms with Gasteiger partial charge in [0.05, 0.1) is 3.79 Å². The van der Waals surface area contributed by atoms with Crippen LogP contribution in [0.3, 0.4) is 0 Å². The number of carbonyl (C=O) groups excluding carboxylic acids is 2. The lowest BCUT2D eigenvalue weighted by Gasteiger charge is -2.05. The highest BCUT2D eigenvalue weighted by Crippen LogP contribution is 2.39. The Balaban J connectivity index is 0.000000174. The molecule has 0 N–H and O–H groups in total. The first-order chi connectivity index (χ1) is 28.0. The van der Waals surface area contributed by atoms with Crippen LogP contribution in [0.5, 0.6) is 0 Å². The Morgan fingerprint density at radius 2 is 1.02 bits per heavy atom. The van der Waals surface area contributed by atoms with Gasteiger partial charge in [0.25, 0.3) is 0 Å². The molecule has 0 bridgehead atoms. The van der Waals surface area contributed by atoms with E-state index in [2.05, 4.69) is 95.8 Å². The number of aryl methyl sites for hydroxylation is 2. The minimum Gasteiger partial charge on any atom is -0.456 e. The smallest absolute Gasteiger partial charge is 0.150 e. The second kappa shape index (κ2) is 19.6. The lowest BCUT2D eigenvalue weighted by Crippen LogP contribution is -1.86. The van der Waals surface area contributed by atoms with Crippen LogP contribution in [0.15, 0.2) is 127 Å². The highest BCUT2D eigenvalue weighted by Gasteiger charge is 2.13. The average Bonchev–Trinajstić information content (AvgIpc) is 4.07. The molecule has 4 nitrogen and oxygen atoms in total. The molecule has 0 amide bonds. The molecule has 8 aromatic rings. The molecule has 57 heavy (non-hydrogen) atoms. The Labute approximate surface area is 351 Å². The normalized spacial score (nSPS) is 11.2. The van der Waals surface area contributed by atoms with E-state index in [9.17, 15) is 9.59 Å². The molecule has 0 spiro atoms. The Bertz CT molecular complexity index is 2550. The van der Waals surface area contributed by atoms with Crippen molar-refractivity contribution in [2.45, 2.75) is 78.1 Å². The van der Waals surface area contributed by atoms with E-state index >= 15 is 0 Å². The van der Waals surface area contributed by atoms with Crippen molar-refractivity contribution in [3.05, 3.63) is 141 Å². The molecule has 0 radical (unpaired) electrons. The van der Waals surface area contributed by atoms with E-state index in [1.165, 1.54) is 87.2 Å². The van der Waals surface area contributed by atoms with E-state index in [-0.39, 0.29) is 0 Å². The van der Waals surface area contributed by atoms with Crippen LogP contribution < -0.4 is 0 Å². The standard InChI is InChI=1S/C25H23BrO2S.C25H24O2S/c1-2-3-4-5-6-21-15-24(26)29-25(21)19-11-9-18(10-12-19)23-14-20-8-7-17(16-27)13-22(20)28-23;1-2-3-4-5-6-20-13-14-28-25(20)21-11-9-19(10-12-21)24-16-22-8-7-18(17-26)15-23(22)27-24/h7-16H,2-6H2,1H3;7-17H,2-6H2,1H3. The fraction of sp³-hybridized carbons (Fsp3) is 0.240. The molecule has 0 unspecified atom stereocenters. The number of benzene rings is 4. The largest absolute Gasteiger partial charge is 0.456 e. The van der Waals surface area contributed by atoms with Gasteiger partial charge in [-0.25, -0.2) is 0 Å². The van der Waals surface area contributed by atoms with E-state index in [0.29, 0.717) is 11.1 Å². The average molecular weight is 856 g/mol. The molecule has 0 saturated carbocycles. The van der Waals surface area contributed by atoms with Gasteiger partial charge in [-0.3, -0.25) is 9.59 Å². The summed E-state index contributed by atoms with van der Waals surface area (Å²) in [7, 11) is 0. The molecule has 0 aliphatic carbocycles. The molecule has 4 aromatic carbocycles. The van der Waals surface area contributed by atoms with Gasteiger partial charge in [-0.05, 0) is 106 Å². The van der Waals surface area contributed by atoms with Crippen LogP contribution in [0.25, 0.3) is 65.5 Å². The van der Waals surface area contributed by atoms with Crippen molar-refractivity contribution in [1.82, 2.24) is 0 Å². The molecule has 7 heteroatoms. The third-order valence-corrected chi connectivity index (χ3v) is 13.1. The fourth-order valence-corrected chi connectivity index (χ4v) is 9.86. The van der Waals surface area contributed by atoms with Gasteiger partial charge < -0.3 is 8.83 Å². The van der Waals surface area contributed by atoms with Gasteiger partial charge in [0.15, 0.2) is 0 Å². The predicted molar refractivity (Wildman–Crippen MR) is 244 cm³/mol. The van der Waals surface area contributed by atoms with Gasteiger partial charge in [-0.1, -0.05) is 125 Å². The number of carbonyl (C=O) groups is 2. The number of fused-ring (bicyclic) bond motifs is 2. The fourth-order valence-electron chi connectivity index (χ4n) is 7.19. The zero-order valence-corrected chi connectivity index (χ0v) is 35.7. The van der Waals surface area contributed by atoms with E-state index in [4.69, 9.17) is 8.83 Å². The second-order valence-corrected chi connectivity index (χ2v) is 17.9. The van der Waals surface area contributed by atoms with E-state index < -0.39 is 0 Å². The SMILES string of the molecule is CCCCCCc1cc(Br)sc1-c1ccc(-c2cc3ccc(C=O)cc3o2)cc1.CCCCCCc1ccsc1-c1ccc(-c2cc3ccc(C=O)cc3o2)cc1. The summed E-state index contributed by atoms with van der Waals surface area (Å²) < 4.78 is 13.1. The summed E-state index contributed by atoms with van der Waals surface area (Å²) in [6.07, 6.45) is 14.2. The summed E-state index contributed by atoms with van der Waals surface area (Å²) in [6.45, 7) is 4.50. The number of rotatable bonds is 16.